The number of carbonyl (C=O) groups excluding carboxylic acids is 4. The Morgan fingerprint density at radius 3 is 2.25 bits per heavy atom. The Balaban J connectivity index is 1.04. The predicted octanol–water partition coefficient (Wildman–Crippen LogP) is 7.00. The van der Waals surface area contributed by atoms with Gasteiger partial charge in [-0.05, 0) is 83.4 Å². The minimum absolute atomic E-state index is 0.117. The largest absolute Gasteiger partial charge is 0.488 e. The molecule has 15 nitrogen and oxygen atoms in total. The molecule has 3 aromatic carbocycles. The fourth-order valence-corrected chi connectivity index (χ4v) is 8.91. The van der Waals surface area contributed by atoms with Gasteiger partial charge in [-0.2, -0.15) is 0 Å². The van der Waals surface area contributed by atoms with Gasteiger partial charge in [-0.1, -0.05) is 52.8 Å². The quantitative estimate of drug-likeness (QED) is 0.122. The van der Waals surface area contributed by atoms with Crippen LogP contribution in [0.15, 0.2) is 48.7 Å². The van der Waals surface area contributed by atoms with Gasteiger partial charge < -0.3 is 44.6 Å². The Hall–Kier alpha value is -6.12. The van der Waals surface area contributed by atoms with E-state index in [1.165, 1.54) is 14.2 Å². The zero-order chi connectivity index (χ0) is 41.7. The zero-order valence-corrected chi connectivity index (χ0v) is 34.5. The number of rotatable bonds is 9. The van der Waals surface area contributed by atoms with Gasteiger partial charge in [-0.25, -0.2) is 19.6 Å². The molecule has 0 aliphatic carbocycles. The maximum Gasteiger partial charge on any atom is 0.407 e. The van der Waals surface area contributed by atoms with Crippen LogP contribution < -0.4 is 15.4 Å². The molecule has 2 saturated heterocycles. The molecule has 4 amide bonds. The highest BCUT2D eigenvalue weighted by Gasteiger charge is 2.41. The molecule has 1 unspecified atom stereocenters. The molecule has 310 valence electrons. The lowest BCUT2D eigenvalue weighted by atomic mass is 9.92. The molecule has 15 heteroatoms. The number of alkyl carbamates (subject to hydrolysis) is 2. The number of ether oxygens (including phenoxy) is 3. The van der Waals surface area contributed by atoms with Crippen molar-refractivity contribution < 1.29 is 33.4 Å². The smallest absolute Gasteiger partial charge is 0.407 e. The average Bonchev–Trinajstić information content (AvgIpc) is 4.06. The van der Waals surface area contributed by atoms with Crippen LogP contribution in [0.25, 0.3) is 44.2 Å². The zero-order valence-electron chi connectivity index (χ0n) is 34.5. The first kappa shape index (κ1) is 39.7. The topological polar surface area (TPSA) is 184 Å². The molecule has 5 atom stereocenters. The second-order valence-electron chi connectivity index (χ2n) is 16.7. The van der Waals surface area contributed by atoms with E-state index in [1.807, 2.05) is 49.8 Å². The number of amides is 4. The van der Waals surface area contributed by atoms with Gasteiger partial charge in [-0.3, -0.25) is 9.59 Å². The van der Waals surface area contributed by atoms with Crippen molar-refractivity contribution in [3.8, 4) is 28.1 Å². The van der Waals surface area contributed by atoms with E-state index in [2.05, 4.69) is 63.9 Å². The van der Waals surface area contributed by atoms with Crippen molar-refractivity contribution in [1.29, 1.82) is 0 Å². The van der Waals surface area contributed by atoms with Crippen LogP contribution in [0.3, 0.4) is 0 Å². The number of fused-ring (bicyclic) bond motifs is 6. The Morgan fingerprint density at radius 2 is 1.56 bits per heavy atom. The first-order valence-corrected chi connectivity index (χ1v) is 20.4. The van der Waals surface area contributed by atoms with Crippen molar-refractivity contribution in [3.63, 3.8) is 0 Å². The molecule has 0 saturated carbocycles. The molecule has 4 N–H and O–H groups in total. The van der Waals surface area contributed by atoms with Crippen LogP contribution in [0.2, 0.25) is 0 Å². The summed E-state index contributed by atoms with van der Waals surface area (Å²) in [6.07, 6.45) is 2.90. The van der Waals surface area contributed by atoms with E-state index in [0.717, 1.165) is 74.8 Å². The number of aromatic nitrogens is 4. The molecule has 8 rings (SSSR count). The van der Waals surface area contributed by atoms with Crippen LogP contribution in [0, 0.1) is 17.8 Å². The molecule has 0 bridgehead atoms. The van der Waals surface area contributed by atoms with Crippen LogP contribution in [-0.2, 0) is 25.7 Å². The molecule has 0 spiro atoms. The number of hydrogen-bond donors (Lipinski definition) is 4. The minimum atomic E-state index is -0.720. The lowest BCUT2D eigenvalue weighted by Crippen LogP contribution is -2.51. The highest BCUT2D eigenvalue weighted by atomic mass is 16.5. The summed E-state index contributed by atoms with van der Waals surface area (Å²) in [6, 6.07) is 12.7. The van der Waals surface area contributed by atoms with Crippen molar-refractivity contribution in [2.75, 3.05) is 27.3 Å². The molecule has 5 aromatic rings. The van der Waals surface area contributed by atoms with E-state index < -0.39 is 24.3 Å². The van der Waals surface area contributed by atoms with Crippen LogP contribution in [0.5, 0.6) is 5.75 Å². The summed E-state index contributed by atoms with van der Waals surface area (Å²) in [5.74, 6) is 1.91. The predicted molar refractivity (Wildman–Crippen MR) is 221 cm³/mol. The average molecular weight is 805 g/mol. The summed E-state index contributed by atoms with van der Waals surface area (Å²) in [7, 11) is 2.58. The summed E-state index contributed by atoms with van der Waals surface area (Å²) >= 11 is 0. The molecule has 0 radical (unpaired) electrons. The summed E-state index contributed by atoms with van der Waals surface area (Å²) in [5.41, 5.74) is 6.60. The Morgan fingerprint density at radius 1 is 0.847 bits per heavy atom. The van der Waals surface area contributed by atoms with E-state index >= 15 is 0 Å². The molecular formula is C44H52N8O7. The third kappa shape index (κ3) is 7.42. The Kier molecular flexibility index (Phi) is 10.7. The van der Waals surface area contributed by atoms with Crippen molar-refractivity contribution >= 4 is 45.8 Å². The van der Waals surface area contributed by atoms with E-state index in [0.29, 0.717) is 31.3 Å². The number of aromatic amines is 2. The van der Waals surface area contributed by atoms with E-state index in [9.17, 15) is 19.2 Å². The van der Waals surface area contributed by atoms with Gasteiger partial charge in [0.15, 0.2) is 0 Å². The number of H-pyrrole nitrogens is 2. The summed E-state index contributed by atoms with van der Waals surface area (Å²) < 4.78 is 16.0. The van der Waals surface area contributed by atoms with Gasteiger partial charge in [-0.15, -0.1) is 0 Å². The van der Waals surface area contributed by atoms with E-state index in [4.69, 9.17) is 24.2 Å². The number of methoxy groups -OCH3 is 2. The van der Waals surface area contributed by atoms with Gasteiger partial charge in [0, 0.05) is 24.0 Å². The lowest BCUT2D eigenvalue weighted by molar-refractivity contribution is -0.136. The Bertz CT molecular complexity index is 2440. The van der Waals surface area contributed by atoms with Crippen LogP contribution in [-0.4, -0.2) is 93.1 Å². The maximum atomic E-state index is 13.9. The van der Waals surface area contributed by atoms with Crippen LogP contribution in [0.4, 0.5) is 9.59 Å². The minimum Gasteiger partial charge on any atom is -0.488 e. The molecule has 3 aliphatic heterocycles. The Labute approximate surface area is 342 Å². The van der Waals surface area contributed by atoms with Gasteiger partial charge in [0.2, 0.25) is 11.8 Å². The van der Waals surface area contributed by atoms with Gasteiger partial charge in [0.25, 0.3) is 0 Å². The molecule has 5 heterocycles. The van der Waals surface area contributed by atoms with Gasteiger partial charge in [0.1, 0.15) is 36.1 Å². The molecule has 2 fully saturated rings. The third-order valence-corrected chi connectivity index (χ3v) is 12.0. The van der Waals surface area contributed by atoms with Gasteiger partial charge in [0.05, 0.1) is 49.2 Å². The second-order valence-corrected chi connectivity index (χ2v) is 16.7. The van der Waals surface area contributed by atoms with E-state index in [1.54, 1.807) is 0 Å². The lowest BCUT2D eigenvalue weighted by Gasteiger charge is -2.30. The van der Waals surface area contributed by atoms with Crippen molar-refractivity contribution in [2.24, 2.45) is 17.8 Å². The monoisotopic (exact) mass is 804 g/mol. The normalized spacial score (nSPS) is 19.7. The number of nitrogens with one attached hydrogen (secondary N) is 4. The van der Waals surface area contributed by atoms with Crippen LogP contribution >= 0.6 is 0 Å². The number of likely N-dealkylation sites (tertiary alicyclic amines) is 2. The fourth-order valence-electron chi connectivity index (χ4n) is 8.91. The third-order valence-electron chi connectivity index (χ3n) is 12.0. The van der Waals surface area contributed by atoms with Crippen molar-refractivity contribution in [3.05, 3.63) is 65.9 Å². The molecule has 3 aliphatic rings. The van der Waals surface area contributed by atoms with Gasteiger partial charge >= 0.3 is 12.2 Å². The number of imidazole rings is 2. The van der Waals surface area contributed by atoms with E-state index in [-0.39, 0.29) is 41.7 Å². The van der Waals surface area contributed by atoms with Crippen molar-refractivity contribution in [2.45, 2.75) is 84.7 Å². The first-order chi connectivity index (χ1) is 28.3. The molecular weight excluding hydrogens is 753 g/mol. The number of carbonyl (C=O) groups is 4. The van der Waals surface area contributed by atoms with Crippen molar-refractivity contribution in [1.82, 2.24) is 40.4 Å². The maximum absolute atomic E-state index is 13.9. The number of nitrogens with zero attached hydrogens (tertiary/aromatic N) is 4. The molecule has 2 aromatic heterocycles. The molecule has 59 heavy (non-hydrogen) atoms. The highest BCUT2D eigenvalue weighted by Crippen LogP contribution is 2.44. The second kappa shape index (κ2) is 15.9. The van der Waals surface area contributed by atoms with Crippen LogP contribution in [0.1, 0.15) is 83.2 Å². The summed E-state index contributed by atoms with van der Waals surface area (Å²) in [4.78, 5) is 72.1. The number of hydrogen-bond acceptors (Lipinski definition) is 9. The SMILES string of the molecule is COC(=O)NC(C(=O)N1CCC[C@H]1c1ncc(-c2ccc3c(c2)COc2cc4c(ccc5nc([C@@H]6C[C@H](C)CN6C(=O)[C@@H](NC(=O)OC)C(C)C)[nH]c54)cc2-3)[nH]1)C(C)C. The fraction of sp³-hybridized carbons (Fsp3) is 0.455. The standard InChI is InChI=1S/C44H52N8O7/c1-22(2)36(49-43(55)57-6)41(53)51-14-8-9-33(51)39-45-19-32(47-39)26-10-12-28-27(16-26)21-59-35-18-29-25(17-30(28)35)11-13-31-38(29)48-40(46-31)34-15-24(5)20-52(34)42(54)37(23(3)4)50-44(56)58-7/h10-13,16-19,22-24,33-34,36-37H,8-9,14-15,20-21H2,1-7H3,(H,45,47)(H,46,48)(H,49,55)(H,50,56)/t24-,33-,34-,36?,37-/m0/s1. The summed E-state index contributed by atoms with van der Waals surface area (Å²) in [6.45, 7) is 11.3. The highest BCUT2D eigenvalue weighted by molar-refractivity contribution is 6.07. The first-order valence-electron chi connectivity index (χ1n) is 20.4. The summed E-state index contributed by atoms with van der Waals surface area (Å²) in [5, 5.41) is 7.43. The number of benzene rings is 3.